The molecule has 0 saturated heterocycles. The fourth-order valence-corrected chi connectivity index (χ4v) is 1.92. The van der Waals surface area contributed by atoms with Gasteiger partial charge in [0.25, 0.3) is 0 Å². The van der Waals surface area contributed by atoms with Gasteiger partial charge in [-0.25, -0.2) is 0 Å². The Morgan fingerprint density at radius 1 is 1.43 bits per heavy atom. The van der Waals surface area contributed by atoms with Crippen LogP contribution in [0.25, 0.3) is 0 Å². The minimum absolute atomic E-state index is 0.0762. The monoisotopic (exact) mass is 185 g/mol. The van der Waals surface area contributed by atoms with E-state index in [4.69, 9.17) is 7.85 Å². The Bertz CT molecular complexity index is 398. The molecule has 0 fully saturated rings. The molecule has 0 spiro atoms. The molecule has 70 valence electrons. The molecule has 2 rings (SSSR count). The summed E-state index contributed by atoms with van der Waals surface area (Å²) < 4.78 is 0. The Hall–Kier alpha value is -1.25. The number of fused-ring (bicyclic) bond motifs is 1. The van der Waals surface area contributed by atoms with Crippen molar-refractivity contribution < 1.29 is 4.79 Å². The molecule has 1 amide bonds. The molecule has 0 bridgehead atoms. The molecule has 2 radical (unpaired) electrons. The van der Waals surface area contributed by atoms with Crippen LogP contribution in [0, 0.1) is 0 Å². The predicted octanol–water partition coefficient (Wildman–Crippen LogP) is 1.10. The van der Waals surface area contributed by atoms with Crippen molar-refractivity contribution in [2.45, 2.75) is 25.7 Å². The molecule has 0 aliphatic carbocycles. The summed E-state index contributed by atoms with van der Waals surface area (Å²) in [6.45, 7) is 4.12. The molecule has 1 aromatic rings. The topological polar surface area (TPSA) is 29.1 Å². The molecule has 1 aliphatic heterocycles. The number of carbonyl (C=O) groups excluding carboxylic acids is 1. The minimum Gasteiger partial charge on any atom is -0.326 e. The Morgan fingerprint density at radius 2 is 2.14 bits per heavy atom. The third-order valence-electron chi connectivity index (χ3n) is 2.65. The molecule has 1 heterocycles. The van der Waals surface area contributed by atoms with Crippen LogP contribution >= 0.6 is 0 Å². The second-order valence-corrected chi connectivity index (χ2v) is 4.41. The maximum atomic E-state index is 11.4. The van der Waals surface area contributed by atoms with Crippen molar-refractivity contribution in [3.05, 3.63) is 23.8 Å². The Labute approximate surface area is 85.1 Å². The summed E-state index contributed by atoms with van der Waals surface area (Å²) in [6, 6.07) is 5.61. The van der Waals surface area contributed by atoms with E-state index >= 15 is 0 Å². The average Bonchev–Trinajstić information content (AvgIpc) is 2.05. The van der Waals surface area contributed by atoms with Crippen molar-refractivity contribution in [2.24, 2.45) is 0 Å². The lowest BCUT2D eigenvalue weighted by Crippen LogP contribution is -2.33. The highest BCUT2D eigenvalue weighted by Crippen LogP contribution is 2.35. The van der Waals surface area contributed by atoms with E-state index in [1.54, 1.807) is 6.07 Å². The number of hydrogen-bond acceptors (Lipinski definition) is 1. The molecule has 1 aliphatic rings. The van der Waals surface area contributed by atoms with E-state index in [2.05, 4.69) is 19.2 Å². The number of anilines is 1. The second-order valence-electron chi connectivity index (χ2n) is 4.41. The number of rotatable bonds is 0. The smallest absolute Gasteiger partial charge is 0.225 e. The van der Waals surface area contributed by atoms with Crippen LogP contribution in [0.3, 0.4) is 0 Å². The SMILES string of the molecule is [B]c1ccc2c(c1)C(C)(C)CC(=O)N2. The second kappa shape index (κ2) is 2.87. The number of amides is 1. The highest BCUT2D eigenvalue weighted by Gasteiger charge is 2.31. The van der Waals surface area contributed by atoms with Crippen molar-refractivity contribution >= 4 is 24.9 Å². The number of hydrogen-bond donors (Lipinski definition) is 1. The van der Waals surface area contributed by atoms with Crippen molar-refractivity contribution in [1.29, 1.82) is 0 Å². The van der Waals surface area contributed by atoms with Gasteiger partial charge in [0.1, 0.15) is 7.85 Å². The summed E-state index contributed by atoms with van der Waals surface area (Å²) in [5.74, 6) is 0.0762. The molecule has 0 unspecified atom stereocenters. The molecular formula is C11H12BNO. The normalized spacial score (nSPS) is 18.6. The quantitative estimate of drug-likeness (QED) is 0.602. The molecule has 3 heteroatoms. The Kier molecular flexibility index (Phi) is 1.91. The first kappa shape index (κ1) is 9.32. The largest absolute Gasteiger partial charge is 0.326 e. The van der Waals surface area contributed by atoms with E-state index in [1.807, 2.05) is 12.1 Å². The van der Waals surface area contributed by atoms with E-state index in [1.165, 1.54) is 0 Å². The van der Waals surface area contributed by atoms with Gasteiger partial charge in [0.05, 0.1) is 0 Å². The summed E-state index contributed by atoms with van der Waals surface area (Å²) in [4.78, 5) is 11.4. The summed E-state index contributed by atoms with van der Waals surface area (Å²) in [6.07, 6.45) is 0.517. The number of carbonyl (C=O) groups is 1. The lowest BCUT2D eigenvalue weighted by molar-refractivity contribution is -0.117. The molecule has 0 aromatic heterocycles. The van der Waals surface area contributed by atoms with Gasteiger partial charge in [0, 0.05) is 17.5 Å². The van der Waals surface area contributed by atoms with Crippen LogP contribution in [-0.2, 0) is 10.2 Å². The van der Waals surface area contributed by atoms with E-state index in [0.717, 1.165) is 16.7 Å². The van der Waals surface area contributed by atoms with E-state index < -0.39 is 0 Å². The molecule has 14 heavy (non-hydrogen) atoms. The van der Waals surface area contributed by atoms with Gasteiger partial charge in [-0.05, 0) is 11.6 Å². The standard InChI is InChI=1S/C11H12BNO/c1-11(2)6-10(14)13-9-4-3-7(12)5-8(9)11/h3-5H,6H2,1-2H3,(H,13,14). The lowest BCUT2D eigenvalue weighted by Gasteiger charge is -2.32. The van der Waals surface area contributed by atoms with Crippen LogP contribution in [0.4, 0.5) is 5.69 Å². The predicted molar refractivity (Wildman–Crippen MR) is 58.1 cm³/mol. The molecule has 1 aromatic carbocycles. The van der Waals surface area contributed by atoms with Gasteiger partial charge in [0.2, 0.25) is 5.91 Å². The fraction of sp³-hybridized carbons (Fsp3) is 0.364. The van der Waals surface area contributed by atoms with Crippen LogP contribution in [0.2, 0.25) is 0 Å². The molecule has 1 N–H and O–H groups in total. The third kappa shape index (κ3) is 1.43. The lowest BCUT2D eigenvalue weighted by atomic mass is 9.76. The molecule has 0 atom stereocenters. The summed E-state index contributed by atoms with van der Waals surface area (Å²) in [5, 5.41) is 2.85. The van der Waals surface area contributed by atoms with Crippen molar-refractivity contribution in [2.75, 3.05) is 5.32 Å². The number of benzene rings is 1. The minimum atomic E-state index is -0.118. The fourth-order valence-electron chi connectivity index (χ4n) is 1.92. The van der Waals surface area contributed by atoms with Gasteiger partial charge < -0.3 is 5.32 Å². The van der Waals surface area contributed by atoms with Crippen LogP contribution in [0.15, 0.2) is 18.2 Å². The summed E-state index contributed by atoms with van der Waals surface area (Å²) in [7, 11) is 5.72. The van der Waals surface area contributed by atoms with Crippen LogP contribution in [0.1, 0.15) is 25.8 Å². The van der Waals surface area contributed by atoms with Gasteiger partial charge in [-0.1, -0.05) is 31.4 Å². The first-order chi connectivity index (χ1) is 6.49. The van der Waals surface area contributed by atoms with E-state index in [-0.39, 0.29) is 11.3 Å². The van der Waals surface area contributed by atoms with Crippen LogP contribution < -0.4 is 10.8 Å². The van der Waals surface area contributed by atoms with Crippen molar-refractivity contribution in [3.8, 4) is 0 Å². The molecule has 0 saturated carbocycles. The van der Waals surface area contributed by atoms with Gasteiger partial charge in [0.15, 0.2) is 0 Å². The first-order valence-corrected chi connectivity index (χ1v) is 4.69. The Balaban J connectivity index is 2.58. The molecule has 2 nitrogen and oxygen atoms in total. The van der Waals surface area contributed by atoms with Crippen LogP contribution in [-0.4, -0.2) is 13.8 Å². The van der Waals surface area contributed by atoms with Gasteiger partial charge in [-0.15, -0.1) is 0 Å². The van der Waals surface area contributed by atoms with E-state index in [0.29, 0.717) is 6.42 Å². The first-order valence-electron chi connectivity index (χ1n) is 4.69. The Morgan fingerprint density at radius 3 is 2.86 bits per heavy atom. The number of nitrogens with one attached hydrogen (secondary N) is 1. The zero-order chi connectivity index (χ0) is 10.3. The van der Waals surface area contributed by atoms with Gasteiger partial charge in [-0.3, -0.25) is 4.79 Å². The van der Waals surface area contributed by atoms with Crippen molar-refractivity contribution in [3.63, 3.8) is 0 Å². The van der Waals surface area contributed by atoms with Crippen molar-refractivity contribution in [1.82, 2.24) is 0 Å². The third-order valence-corrected chi connectivity index (χ3v) is 2.65. The van der Waals surface area contributed by atoms with Gasteiger partial charge in [-0.2, -0.15) is 0 Å². The zero-order valence-electron chi connectivity index (χ0n) is 8.42. The highest BCUT2D eigenvalue weighted by molar-refractivity contribution is 6.32. The zero-order valence-corrected chi connectivity index (χ0v) is 8.42. The van der Waals surface area contributed by atoms with Crippen LogP contribution in [0.5, 0.6) is 0 Å². The van der Waals surface area contributed by atoms with E-state index in [9.17, 15) is 4.79 Å². The average molecular weight is 185 g/mol. The maximum Gasteiger partial charge on any atom is 0.225 e. The van der Waals surface area contributed by atoms with Gasteiger partial charge >= 0.3 is 0 Å². The maximum absolute atomic E-state index is 11.4. The molecular weight excluding hydrogens is 173 g/mol. The summed E-state index contributed by atoms with van der Waals surface area (Å²) in [5.41, 5.74) is 2.64. The summed E-state index contributed by atoms with van der Waals surface area (Å²) >= 11 is 0. The highest BCUT2D eigenvalue weighted by atomic mass is 16.1.